The fourth-order valence-corrected chi connectivity index (χ4v) is 10.0. The molecule has 3 heteroatoms. The first-order chi connectivity index (χ1) is 7.02. The molecule has 0 bridgehead atoms. The third-order valence-corrected chi connectivity index (χ3v) is 12.2. The topological polar surface area (TPSA) is 26.3 Å². The molecule has 2 nitrogen and oxygen atoms in total. The van der Waals surface area contributed by atoms with Crippen molar-refractivity contribution in [3.8, 4) is 0 Å². The third-order valence-electron chi connectivity index (χ3n) is 5.37. The van der Waals surface area contributed by atoms with E-state index in [0.717, 1.165) is 6.42 Å². The van der Waals surface area contributed by atoms with Crippen molar-refractivity contribution in [2.75, 3.05) is 6.61 Å². The molecule has 1 heterocycles. The average molecular weight is 226 g/mol. The Balaban J connectivity index is 2.41. The molecule has 86 valence electrons. The van der Waals surface area contributed by atoms with Gasteiger partial charge in [0, 0.05) is 5.41 Å². The molecule has 2 atom stereocenters. The molecule has 2 aliphatic rings. The summed E-state index contributed by atoms with van der Waals surface area (Å²) in [7, 11) is -1.44. The molecule has 0 aromatic carbocycles. The average Bonchev–Trinajstić information content (AvgIpc) is 2.80. The van der Waals surface area contributed by atoms with Gasteiger partial charge in [-0.25, -0.2) is 0 Å². The van der Waals surface area contributed by atoms with Crippen LogP contribution in [0.4, 0.5) is 0 Å². The standard InChI is InChI=1S/C12H22O2Si/c1-5-15(6-2,7-3)12-8-11(12,4)9-14-10(12)13/h5-9H2,1-4H3/t11-,12-/m0/s1. The predicted octanol–water partition coefficient (Wildman–Crippen LogP) is 3.20. The molecule has 1 saturated carbocycles. The molecule has 1 saturated heterocycles. The largest absolute Gasteiger partial charge is 0.465 e. The second-order valence-electron chi connectivity index (χ2n) is 5.56. The quantitative estimate of drug-likeness (QED) is 0.543. The Morgan fingerprint density at radius 1 is 1.27 bits per heavy atom. The molecule has 0 N–H and O–H groups in total. The lowest BCUT2D eigenvalue weighted by Gasteiger charge is -2.35. The van der Waals surface area contributed by atoms with Crippen LogP contribution in [0.3, 0.4) is 0 Å². The molecular weight excluding hydrogens is 204 g/mol. The molecule has 0 aromatic rings. The summed E-state index contributed by atoms with van der Waals surface area (Å²) in [4.78, 5) is 12.1. The Morgan fingerprint density at radius 2 is 1.80 bits per heavy atom. The van der Waals surface area contributed by atoms with Gasteiger partial charge in [-0.3, -0.25) is 4.79 Å². The van der Waals surface area contributed by atoms with Crippen molar-refractivity contribution in [2.24, 2.45) is 5.41 Å². The van der Waals surface area contributed by atoms with Crippen LogP contribution in [0.1, 0.15) is 34.1 Å². The minimum atomic E-state index is -1.44. The van der Waals surface area contributed by atoms with Crippen molar-refractivity contribution in [3.05, 3.63) is 0 Å². The predicted molar refractivity (Wildman–Crippen MR) is 63.6 cm³/mol. The Hall–Kier alpha value is -0.313. The Bertz CT molecular complexity index is 290. The van der Waals surface area contributed by atoms with Gasteiger partial charge in [0.15, 0.2) is 0 Å². The van der Waals surface area contributed by atoms with E-state index in [4.69, 9.17) is 4.74 Å². The maximum atomic E-state index is 12.1. The number of esters is 1. The smallest absolute Gasteiger partial charge is 0.310 e. The first-order valence-corrected chi connectivity index (χ1v) is 8.81. The number of hydrogen-bond donors (Lipinski definition) is 0. The third kappa shape index (κ3) is 1.03. The minimum Gasteiger partial charge on any atom is -0.465 e. The van der Waals surface area contributed by atoms with Crippen LogP contribution in [0, 0.1) is 5.41 Å². The summed E-state index contributed by atoms with van der Waals surface area (Å²) in [6, 6.07) is 3.68. The number of hydrogen-bond acceptors (Lipinski definition) is 2. The highest BCUT2D eigenvalue weighted by Crippen LogP contribution is 2.80. The fourth-order valence-electron chi connectivity index (χ4n) is 4.08. The van der Waals surface area contributed by atoms with Crippen molar-refractivity contribution < 1.29 is 9.53 Å². The van der Waals surface area contributed by atoms with Crippen LogP contribution < -0.4 is 0 Å². The number of carbonyl (C=O) groups excluding carboxylic acids is 1. The van der Waals surface area contributed by atoms with Gasteiger partial charge in [0.2, 0.25) is 0 Å². The van der Waals surface area contributed by atoms with Crippen LogP contribution in [0.5, 0.6) is 0 Å². The first-order valence-electron chi connectivity index (χ1n) is 6.19. The van der Waals surface area contributed by atoms with E-state index in [2.05, 4.69) is 27.7 Å². The molecule has 1 aliphatic carbocycles. The molecule has 0 amide bonds. The lowest BCUT2D eigenvalue weighted by molar-refractivity contribution is -0.140. The van der Waals surface area contributed by atoms with Crippen LogP contribution in [0.2, 0.25) is 23.2 Å². The Kier molecular flexibility index (Phi) is 2.31. The number of cyclic esters (lactones) is 1. The summed E-state index contributed by atoms with van der Waals surface area (Å²) in [5, 5.41) is -0.00174. The maximum Gasteiger partial charge on any atom is 0.310 e. The van der Waals surface area contributed by atoms with Crippen LogP contribution >= 0.6 is 0 Å². The van der Waals surface area contributed by atoms with E-state index in [9.17, 15) is 4.79 Å². The SMILES string of the molecule is CC[Si](CC)(CC)[C@]12C[C@@]1(C)COC2=O. The van der Waals surface area contributed by atoms with Crippen LogP contribution in [0.15, 0.2) is 0 Å². The number of ether oxygens (including phenoxy) is 1. The second kappa shape index (κ2) is 3.09. The van der Waals surface area contributed by atoms with E-state index < -0.39 is 8.07 Å². The minimum absolute atomic E-state index is 0.00174. The van der Waals surface area contributed by atoms with E-state index in [1.165, 1.54) is 18.1 Å². The number of carbonyl (C=O) groups is 1. The van der Waals surface area contributed by atoms with E-state index in [-0.39, 0.29) is 16.4 Å². The zero-order valence-electron chi connectivity index (χ0n) is 10.4. The molecule has 2 rings (SSSR count). The van der Waals surface area contributed by atoms with E-state index in [0.29, 0.717) is 6.61 Å². The highest BCUT2D eigenvalue weighted by molar-refractivity contribution is 6.86. The summed E-state index contributed by atoms with van der Waals surface area (Å²) < 4.78 is 5.33. The summed E-state index contributed by atoms with van der Waals surface area (Å²) >= 11 is 0. The summed E-state index contributed by atoms with van der Waals surface area (Å²) in [5.41, 5.74) is 0.207. The molecule has 15 heavy (non-hydrogen) atoms. The van der Waals surface area contributed by atoms with Gasteiger partial charge < -0.3 is 4.74 Å². The van der Waals surface area contributed by atoms with Crippen molar-refractivity contribution in [1.29, 1.82) is 0 Å². The molecule has 0 spiro atoms. The van der Waals surface area contributed by atoms with Gasteiger partial charge in [-0.05, 0) is 6.42 Å². The highest BCUT2D eigenvalue weighted by atomic mass is 28.3. The van der Waals surface area contributed by atoms with E-state index in [1.54, 1.807) is 0 Å². The lowest BCUT2D eigenvalue weighted by atomic mass is 10.1. The number of rotatable bonds is 4. The Morgan fingerprint density at radius 3 is 2.07 bits per heavy atom. The van der Waals surface area contributed by atoms with Gasteiger partial charge in [0.1, 0.15) is 0 Å². The van der Waals surface area contributed by atoms with Gasteiger partial charge in [-0.15, -0.1) is 0 Å². The molecule has 2 fully saturated rings. The fraction of sp³-hybridized carbons (Fsp3) is 0.917. The van der Waals surface area contributed by atoms with Crippen LogP contribution in [0.25, 0.3) is 0 Å². The van der Waals surface area contributed by atoms with E-state index >= 15 is 0 Å². The zero-order valence-corrected chi connectivity index (χ0v) is 11.4. The van der Waals surface area contributed by atoms with E-state index in [1.807, 2.05) is 0 Å². The highest BCUT2D eigenvalue weighted by Gasteiger charge is 2.81. The van der Waals surface area contributed by atoms with Gasteiger partial charge in [-0.2, -0.15) is 0 Å². The van der Waals surface area contributed by atoms with Gasteiger partial charge in [0.05, 0.1) is 19.7 Å². The second-order valence-corrected chi connectivity index (χ2v) is 11.1. The van der Waals surface area contributed by atoms with Gasteiger partial charge in [0.25, 0.3) is 0 Å². The molecule has 0 radical (unpaired) electrons. The monoisotopic (exact) mass is 226 g/mol. The normalized spacial score (nSPS) is 38.8. The van der Waals surface area contributed by atoms with Crippen molar-refractivity contribution in [1.82, 2.24) is 0 Å². The maximum absolute atomic E-state index is 12.1. The van der Waals surface area contributed by atoms with Crippen molar-refractivity contribution in [3.63, 3.8) is 0 Å². The molecule has 0 aromatic heterocycles. The van der Waals surface area contributed by atoms with Gasteiger partial charge >= 0.3 is 5.97 Å². The Labute approximate surface area is 93.4 Å². The zero-order chi connectivity index (χ0) is 11.3. The summed E-state index contributed by atoms with van der Waals surface area (Å²) in [6.45, 7) is 9.76. The molecular formula is C12H22O2Si. The molecule has 0 unspecified atom stereocenters. The van der Waals surface area contributed by atoms with Crippen LogP contribution in [-0.4, -0.2) is 20.7 Å². The summed E-state index contributed by atoms with van der Waals surface area (Å²) in [5.74, 6) is 0.141. The summed E-state index contributed by atoms with van der Waals surface area (Å²) in [6.07, 6.45) is 1.11. The number of fused-ring (bicyclic) bond motifs is 1. The van der Waals surface area contributed by atoms with Crippen molar-refractivity contribution >= 4 is 14.0 Å². The first kappa shape index (κ1) is 11.2. The van der Waals surface area contributed by atoms with Gasteiger partial charge in [-0.1, -0.05) is 45.8 Å². The molecule has 1 aliphatic heterocycles. The lowest BCUT2D eigenvalue weighted by Crippen LogP contribution is -2.43. The van der Waals surface area contributed by atoms with Crippen molar-refractivity contribution in [2.45, 2.75) is 57.3 Å². The van der Waals surface area contributed by atoms with Crippen LogP contribution in [-0.2, 0) is 9.53 Å².